The fourth-order valence-electron chi connectivity index (χ4n) is 8.14. The standard InChI is InChI=1S/C27H32Cl2O6/c1-16-11-20-19-7-6-17-12-18(30)8-9-24(17,2)26(19,29)21(31)13-25(20,3)27(16,22(32)14-28)35-15-34-23-5-4-10-33-23/h4-5,8-10,12,16,19-21,31H,6-7,11,13-15H2,1-3H3/t16-,19+,20+,21+,24+,25+,26+,27+/m1/s1. The number of aliphatic hydroxyl groups excluding tert-OH is 1. The minimum atomic E-state index is -1.24. The van der Waals surface area contributed by atoms with Crippen LogP contribution in [0.4, 0.5) is 0 Å². The van der Waals surface area contributed by atoms with E-state index in [4.69, 9.17) is 37.1 Å². The van der Waals surface area contributed by atoms with Gasteiger partial charge in [0, 0.05) is 16.9 Å². The topological polar surface area (TPSA) is 86.0 Å². The lowest BCUT2D eigenvalue weighted by atomic mass is 9.45. The molecule has 1 N–H and O–H groups in total. The van der Waals surface area contributed by atoms with E-state index in [9.17, 15) is 14.7 Å². The maximum atomic E-state index is 13.6. The van der Waals surface area contributed by atoms with E-state index >= 15 is 0 Å². The van der Waals surface area contributed by atoms with Gasteiger partial charge in [-0.25, -0.2) is 0 Å². The van der Waals surface area contributed by atoms with Gasteiger partial charge in [-0.2, -0.15) is 0 Å². The van der Waals surface area contributed by atoms with Gasteiger partial charge in [-0.1, -0.05) is 32.4 Å². The van der Waals surface area contributed by atoms with Crippen LogP contribution >= 0.6 is 23.2 Å². The molecular formula is C27H32Cl2O6. The highest BCUT2D eigenvalue weighted by Gasteiger charge is 2.75. The lowest BCUT2D eigenvalue weighted by Crippen LogP contribution is -2.69. The van der Waals surface area contributed by atoms with Crippen LogP contribution in [0, 0.1) is 28.6 Å². The van der Waals surface area contributed by atoms with Gasteiger partial charge in [0.05, 0.1) is 23.1 Å². The van der Waals surface area contributed by atoms with Crippen molar-refractivity contribution < 1.29 is 28.6 Å². The van der Waals surface area contributed by atoms with Crippen molar-refractivity contribution in [1.82, 2.24) is 0 Å². The number of fused-ring (bicyclic) bond motifs is 5. The molecule has 190 valence electrons. The summed E-state index contributed by atoms with van der Waals surface area (Å²) in [6.07, 6.45) is 8.12. The van der Waals surface area contributed by atoms with Gasteiger partial charge < -0.3 is 19.0 Å². The predicted octanol–water partition coefficient (Wildman–Crippen LogP) is 5.07. The highest BCUT2D eigenvalue weighted by molar-refractivity contribution is 6.29. The zero-order chi connectivity index (χ0) is 25.2. The summed E-state index contributed by atoms with van der Waals surface area (Å²) in [5, 5.41) is 11.8. The van der Waals surface area contributed by atoms with Gasteiger partial charge in [0.2, 0.25) is 0 Å². The zero-order valence-electron chi connectivity index (χ0n) is 20.3. The van der Waals surface area contributed by atoms with Crippen LogP contribution in [0.15, 0.2) is 46.6 Å². The first-order valence-corrected chi connectivity index (χ1v) is 13.2. The van der Waals surface area contributed by atoms with Gasteiger partial charge in [-0.05, 0) is 61.7 Å². The number of rotatable bonds is 6. The normalized spacial score (nSPS) is 44.3. The summed E-state index contributed by atoms with van der Waals surface area (Å²) in [6, 6.07) is 3.38. The van der Waals surface area contributed by atoms with Crippen molar-refractivity contribution in [2.45, 2.75) is 63.0 Å². The van der Waals surface area contributed by atoms with Crippen molar-refractivity contribution >= 4 is 34.8 Å². The van der Waals surface area contributed by atoms with Crippen molar-refractivity contribution in [3.63, 3.8) is 0 Å². The molecule has 4 aliphatic rings. The number of furan rings is 1. The molecule has 1 aromatic rings. The molecule has 0 spiro atoms. The van der Waals surface area contributed by atoms with Crippen molar-refractivity contribution in [3.05, 3.63) is 42.2 Å². The van der Waals surface area contributed by atoms with E-state index in [2.05, 4.69) is 0 Å². The first-order chi connectivity index (χ1) is 16.5. The molecule has 4 aliphatic carbocycles. The largest absolute Gasteiger partial charge is 0.438 e. The number of hydrogen-bond donors (Lipinski definition) is 1. The highest BCUT2D eigenvalue weighted by atomic mass is 35.5. The third-order valence-electron chi connectivity index (χ3n) is 9.70. The van der Waals surface area contributed by atoms with Crippen LogP contribution in [0.2, 0.25) is 0 Å². The molecule has 0 bridgehead atoms. The third-order valence-corrected chi connectivity index (χ3v) is 10.9. The van der Waals surface area contributed by atoms with E-state index in [-0.39, 0.29) is 48.4 Å². The molecule has 3 fully saturated rings. The van der Waals surface area contributed by atoms with E-state index in [0.29, 0.717) is 12.4 Å². The Labute approximate surface area is 215 Å². The number of ketones is 2. The Morgan fingerprint density at radius 3 is 2.77 bits per heavy atom. The summed E-state index contributed by atoms with van der Waals surface area (Å²) in [7, 11) is 0. The first kappa shape index (κ1) is 25.1. The SMILES string of the molecule is C[C@@H]1C[C@H]2[C@@H]3CCC4=CC(=O)C=C[C@]4(C)[C@@]3(Cl)[C@@H](O)C[C@]2(C)[C@@]1(OCOc1ccco1)C(=O)CCl. The van der Waals surface area contributed by atoms with Crippen molar-refractivity contribution in [1.29, 1.82) is 0 Å². The molecule has 8 heteroatoms. The number of halogens is 2. The summed E-state index contributed by atoms with van der Waals surface area (Å²) in [5.41, 5.74) is -1.63. The van der Waals surface area contributed by atoms with Gasteiger partial charge in [-0.15, -0.1) is 23.2 Å². The Balaban J connectivity index is 1.54. The fourth-order valence-corrected chi connectivity index (χ4v) is 8.86. The second kappa shape index (κ2) is 8.47. The number of alkyl halides is 2. The molecule has 35 heavy (non-hydrogen) atoms. The molecule has 5 rings (SSSR count). The molecule has 8 atom stereocenters. The van der Waals surface area contributed by atoms with Gasteiger partial charge in [0.15, 0.2) is 18.4 Å². The predicted molar refractivity (Wildman–Crippen MR) is 131 cm³/mol. The average Bonchev–Trinajstić information content (AvgIpc) is 3.41. The molecule has 0 radical (unpaired) electrons. The number of carbonyl (C=O) groups is 2. The monoisotopic (exact) mass is 522 g/mol. The van der Waals surface area contributed by atoms with E-state index in [1.807, 2.05) is 26.8 Å². The Bertz CT molecular complexity index is 1080. The van der Waals surface area contributed by atoms with E-state index in [0.717, 1.165) is 18.4 Å². The summed E-state index contributed by atoms with van der Waals surface area (Å²) in [6.45, 7) is 5.89. The Kier molecular flexibility index (Phi) is 6.07. The molecule has 1 aromatic heterocycles. The van der Waals surface area contributed by atoms with Crippen LogP contribution < -0.4 is 4.74 Å². The number of carbonyl (C=O) groups excluding carboxylic acids is 2. The second-order valence-corrected chi connectivity index (χ2v) is 11.9. The second-order valence-electron chi connectivity index (χ2n) is 11.0. The number of aliphatic hydroxyl groups is 1. The molecule has 0 amide bonds. The fraction of sp³-hybridized carbons (Fsp3) is 0.630. The Morgan fingerprint density at radius 1 is 1.31 bits per heavy atom. The van der Waals surface area contributed by atoms with E-state index in [1.165, 1.54) is 6.26 Å². The molecule has 0 aromatic carbocycles. The van der Waals surface area contributed by atoms with E-state index in [1.54, 1.807) is 24.3 Å². The smallest absolute Gasteiger partial charge is 0.286 e. The number of allylic oxidation sites excluding steroid dienone is 4. The number of ether oxygens (including phenoxy) is 2. The third kappa shape index (κ3) is 3.22. The van der Waals surface area contributed by atoms with Gasteiger partial charge in [-0.3, -0.25) is 9.59 Å². The highest BCUT2D eigenvalue weighted by Crippen LogP contribution is 2.72. The number of hydrogen-bond acceptors (Lipinski definition) is 6. The Hall–Kier alpha value is -1.60. The van der Waals surface area contributed by atoms with Gasteiger partial charge >= 0.3 is 0 Å². The van der Waals surface area contributed by atoms with E-state index < -0.39 is 27.4 Å². The van der Waals surface area contributed by atoms with Crippen molar-refractivity contribution in [2.75, 3.05) is 12.7 Å². The first-order valence-electron chi connectivity index (χ1n) is 12.3. The van der Waals surface area contributed by atoms with Crippen LogP contribution in [0.3, 0.4) is 0 Å². The zero-order valence-corrected chi connectivity index (χ0v) is 21.8. The lowest BCUT2D eigenvalue weighted by Gasteiger charge is -2.64. The molecule has 0 saturated heterocycles. The molecular weight excluding hydrogens is 491 g/mol. The van der Waals surface area contributed by atoms with Gasteiger partial charge in [0.1, 0.15) is 5.60 Å². The van der Waals surface area contributed by atoms with Crippen LogP contribution in [0.25, 0.3) is 0 Å². The molecule has 0 aliphatic heterocycles. The van der Waals surface area contributed by atoms with Crippen LogP contribution in [0.5, 0.6) is 5.95 Å². The maximum Gasteiger partial charge on any atom is 0.286 e. The van der Waals surface area contributed by atoms with Crippen molar-refractivity contribution in [2.24, 2.45) is 28.6 Å². The Morgan fingerprint density at radius 2 is 2.09 bits per heavy atom. The molecule has 6 nitrogen and oxygen atoms in total. The maximum absolute atomic E-state index is 13.6. The summed E-state index contributed by atoms with van der Waals surface area (Å²) < 4.78 is 17.2. The average molecular weight is 523 g/mol. The van der Waals surface area contributed by atoms with Crippen LogP contribution in [0.1, 0.15) is 46.5 Å². The molecule has 0 unspecified atom stereocenters. The van der Waals surface area contributed by atoms with Crippen LogP contribution in [-0.4, -0.2) is 45.9 Å². The quantitative estimate of drug-likeness (QED) is 0.414. The van der Waals surface area contributed by atoms with Crippen molar-refractivity contribution in [3.8, 4) is 5.95 Å². The number of Topliss-reactive ketones (excluding diaryl/α,β-unsaturated/α-hetero) is 1. The minimum absolute atomic E-state index is 0.0126. The summed E-state index contributed by atoms with van der Waals surface area (Å²) >= 11 is 13.7. The summed E-state index contributed by atoms with van der Waals surface area (Å²) in [5.74, 6) is -0.387. The molecule has 3 saturated carbocycles. The van der Waals surface area contributed by atoms with Gasteiger partial charge in [0.25, 0.3) is 5.95 Å². The van der Waals surface area contributed by atoms with Crippen LogP contribution in [-0.2, 0) is 14.3 Å². The molecule has 1 heterocycles. The summed E-state index contributed by atoms with van der Waals surface area (Å²) in [4.78, 5) is 24.7. The lowest BCUT2D eigenvalue weighted by molar-refractivity contribution is -0.210. The minimum Gasteiger partial charge on any atom is -0.438 e.